The summed E-state index contributed by atoms with van der Waals surface area (Å²) in [5.41, 5.74) is 14.6. The zero-order chi connectivity index (χ0) is 23.0. The van der Waals surface area contributed by atoms with Gasteiger partial charge in [-0.2, -0.15) is 4.98 Å². The van der Waals surface area contributed by atoms with Crippen LogP contribution in [0.15, 0.2) is 16.8 Å². The number of halogens is 2. The third kappa shape index (κ3) is 4.54. The van der Waals surface area contributed by atoms with Crippen LogP contribution in [0.5, 0.6) is 0 Å². The summed E-state index contributed by atoms with van der Waals surface area (Å²) in [7, 11) is 0. The molecule has 1 atom stereocenters. The van der Waals surface area contributed by atoms with Crippen molar-refractivity contribution in [2.75, 3.05) is 24.5 Å². The molecule has 1 aromatic rings. The molecule has 1 unspecified atom stereocenters. The number of aliphatic imine (C=N–C) groups is 1. The average Bonchev–Trinajstić information content (AvgIpc) is 3.45. The van der Waals surface area contributed by atoms with Crippen LogP contribution < -0.4 is 16.4 Å². The lowest BCUT2D eigenvalue weighted by molar-refractivity contribution is -0.132. The molecule has 1 aliphatic carbocycles. The van der Waals surface area contributed by atoms with E-state index in [-0.39, 0.29) is 30.6 Å². The lowest BCUT2D eigenvalue weighted by Gasteiger charge is -2.28. The number of carbonyl (C=O) groups excluding carboxylic acids is 1. The number of carbonyl (C=O) groups is 1. The highest BCUT2D eigenvalue weighted by atomic mass is 19.3. The first-order valence-corrected chi connectivity index (χ1v) is 11.3. The molecule has 174 valence electrons. The van der Waals surface area contributed by atoms with Gasteiger partial charge in [-0.1, -0.05) is 13.8 Å². The van der Waals surface area contributed by atoms with E-state index in [9.17, 15) is 13.6 Å². The first-order chi connectivity index (χ1) is 15.1. The first kappa shape index (κ1) is 22.4. The first-order valence-electron chi connectivity index (χ1n) is 11.3. The highest BCUT2D eigenvalue weighted by Gasteiger charge is 2.44. The maximum atomic E-state index is 13.7. The summed E-state index contributed by atoms with van der Waals surface area (Å²) in [6, 6.07) is -0.533. The van der Waals surface area contributed by atoms with E-state index in [4.69, 9.17) is 16.5 Å². The second kappa shape index (κ2) is 8.63. The molecule has 10 heteroatoms. The fourth-order valence-electron chi connectivity index (χ4n) is 4.51. The lowest BCUT2D eigenvalue weighted by atomic mass is 10.1. The second-order valence-electron chi connectivity index (χ2n) is 9.18. The van der Waals surface area contributed by atoms with Crippen molar-refractivity contribution in [3.05, 3.63) is 23.0 Å². The summed E-state index contributed by atoms with van der Waals surface area (Å²) in [5, 5.41) is 0. The number of likely N-dealkylation sites (tertiary alicyclic amines) is 1. The highest BCUT2D eigenvalue weighted by Crippen LogP contribution is 2.34. The van der Waals surface area contributed by atoms with Crippen LogP contribution in [0.2, 0.25) is 0 Å². The van der Waals surface area contributed by atoms with Crippen molar-refractivity contribution in [2.45, 2.75) is 64.3 Å². The molecule has 1 amide bonds. The number of hydrogen-bond acceptors (Lipinski definition) is 6. The van der Waals surface area contributed by atoms with Gasteiger partial charge >= 0.3 is 0 Å². The third-order valence-corrected chi connectivity index (χ3v) is 6.39. The lowest BCUT2D eigenvalue weighted by Crippen LogP contribution is -2.46. The van der Waals surface area contributed by atoms with Gasteiger partial charge in [0.2, 0.25) is 11.9 Å². The molecule has 32 heavy (non-hydrogen) atoms. The quantitative estimate of drug-likeness (QED) is 0.529. The van der Waals surface area contributed by atoms with E-state index in [1.807, 2.05) is 18.7 Å². The maximum Gasteiger partial charge on any atom is 0.267 e. The molecular formula is C22H31F2N7O. The largest absolute Gasteiger partial charge is 0.402 e. The van der Waals surface area contributed by atoms with Crippen molar-refractivity contribution < 1.29 is 13.6 Å². The van der Waals surface area contributed by atoms with Crippen molar-refractivity contribution in [3.63, 3.8) is 0 Å². The van der Waals surface area contributed by atoms with Gasteiger partial charge in [0.25, 0.3) is 5.92 Å². The molecule has 4 N–H and O–H groups in total. The average molecular weight is 448 g/mol. The summed E-state index contributed by atoms with van der Waals surface area (Å²) in [6.45, 7) is 4.10. The van der Waals surface area contributed by atoms with Gasteiger partial charge in [0.15, 0.2) is 5.82 Å². The molecule has 0 spiro atoms. The Morgan fingerprint density at radius 2 is 2.00 bits per heavy atom. The fraction of sp³-hybridized carbons (Fsp3) is 0.636. The molecule has 0 aromatic carbocycles. The number of hydrogen-bond donors (Lipinski definition) is 2. The standard InChI is InChI=1S/C22H31F2N7O/c1-13(2)15(25)11-18(26)28-19-14-5-3-6-16(14)27-21(29-19)31-9-4-7-17(31)20(32)30-10-8-22(23,24)12-30/h11,13,17H,3-10,12,25H2,1-2H3,(H2,26,27,28,29)/b15-11-. The number of amides is 1. The molecule has 3 heterocycles. The van der Waals surface area contributed by atoms with Crippen molar-refractivity contribution in [1.82, 2.24) is 14.9 Å². The number of aromatic nitrogens is 2. The summed E-state index contributed by atoms with van der Waals surface area (Å²) in [4.78, 5) is 30.0. The monoisotopic (exact) mass is 447 g/mol. The minimum Gasteiger partial charge on any atom is -0.402 e. The Balaban J connectivity index is 1.63. The zero-order valence-corrected chi connectivity index (χ0v) is 18.7. The SMILES string of the molecule is CC(C)/C(N)=C/C(N)=Nc1nc(N2CCCC2C(=O)N2CCC(F)(F)C2)nc2c1CCC2. The maximum absolute atomic E-state index is 13.7. The van der Waals surface area contributed by atoms with Gasteiger partial charge in [0.05, 0.1) is 12.2 Å². The van der Waals surface area contributed by atoms with Gasteiger partial charge in [0.1, 0.15) is 11.9 Å². The second-order valence-corrected chi connectivity index (χ2v) is 9.18. The Kier molecular flexibility index (Phi) is 6.05. The van der Waals surface area contributed by atoms with E-state index < -0.39 is 18.5 Å². The summed E-state index contributed by atoms with van der Waals surface area (Å²) >= 11 is 0. The van der Waals surface area contributed by atoms with E-state index >= 15 is 0 Å². The Hall–Kier alpha value is -2.78. The van der Waals surface area contributed by atoms with Crippen LogP contribution >= 0.6 is 0 Å². The number of anilines is 1. The molecule has 0 radical (unpaired) electrons. The van der Waals surface area contributed by atoms with Crippen LogP contribution in [0.1, 0.15) is 50.8 Å². The van der Waals surface area contributed by atoms with Crippen molar-refractivity contribution >= 4 is 23.5 Å². The molecule has 2 aliphatic heterocycles. The Morgan fingerprint density at radius 1 is 1.22 bits per heavy atom. The van der Waals surface area contributed by atoms with Gasteiger partial charge in [-0.25, -0.2) is 18.8 Å². The molecule has 2 saturated heterocycles. The molecule has 0 saturated carbocycles. The molecule has 3 aliphatic rings. The number of nitrogens with two attached hydrogens (primary N) is 2. The van der Waals surface area contributed by atoms with E-state index in [1.165, 1.54) is 4.90 Å². The van der Waals surface area contributed by atoms with E-state index in [0.29, 0.717) is 30.4 Å². The molecular weight excluding hydrogens is 416 g/mol. The normalized spacial score (nSPS) is 23.3. The van der Waals surface area contributed by atoms with E-state index in [1.54, 1.807) is 6.08 Å². The highest BCUT2D eigenvalue weighted by molar-refractivity contribution is 5.94. The number of rotatable bonds is 5. The van der Waals surface area contributed by atoms with Crippen LogP contribution in [-0.2, 0) is 17.6 Å². The smallest absolute Gasteiger partial charge is 0.267 e. The van der Waals surface area contributed by atoms with E-state index in [2.05, 4.69) is 9.98 Å². The number of aryl methyl sites for hydroxylation is 1. The molecule has 8 nitrogen and oxygen atoms in total. The van der Waals surface area contributed by atoms with Crippen LogP contribution in [0.25, 0.3) is 0 Å². The number of fused-ring (bicyclic) bond motifs is 1. The van der Waals surface area contributed by atoms with Crippen LogP contribution in [0.3, 0.4) is 0 Å². The number of alkyl halides is 2. The summed E-state index contributed by atoms with van der Waals surface area (Å²) < 4.78 is 27.3. The minimum atomic E-state index is -2.81. The minimum absolute atomic E-state index is 0.0803. The van der Waals surface area contributed by atoms with Crippen LogP contribution in [0.4, 0.5) is 20.5 Å². The topological polar surface area (TPSA) is 114 Å². The van der Waals surface area contributed by atoms with Gasteiger partial charge in [-0.05, 0) is 44.1 Å². The Bertz CT molecular complexity index is 960. The number of amidine groups is 1. The fourth-order valence-corrected chi connectivity index (χ4v) is 4.51. The van der Waals surface area contributed by atoms with Gasteiger partial charge in [-0.15, -0.1) is 0 Å². The van der Waals surface area contributed by atoms with Gasteiger partial charge in [0, 0.05) is 30.8 Å². The summed E-state index contributed by atoms with van der Waals surface area (Å²) in [6.07, 6.45) is 5.30. The molecule has 0 bridgehead atoms. The molecule has 1 aromatic heterocycles. The Labute approximate surface area is 186 Å². The molecule has 2 fully saturated rings. The molecule has 4 rings (SSSR count). The van der Waals surface area contributed by atoms with Crippen LogP contribution in [-0.4, -0.2) is 58.2 Å². The van der Waals surface area contributed by atoms with Gasteiger partial charge < -0.3 is 21.3 Å². The summed E-state index contributed by atoms with van der Waals surface area (Å²) in [5.74, 6) is -1.76. The Morgan fingerprint density at radius 3 is 2.69 bits per heavy atom. The van der Waals surface area contributed by atoms with E-state index in [0.717, 1.165) is 36.9 Å². The number of allylic oxidation sites excluding steroid dienone is 1. The van der Waals surface area contributed by atoms with Crippen LogP contribution in [0, 0.1) is 5.92 Å². The van der Waals surface area contributed by atoms with Crippen molar-refractivity contribution in [1.29, 1.82) is 0 Å². The zero-order valence-electron chi connectivity index (χ0n) is 18.7. The number of nitrogens with zero attached hydrogens (tertiary/aromatic N) is 5. The predicted octanol–water partition coefficient (Wildman–Crippen LogP) is 2.29. The van der Waals surface area contributed by atoms with Crippen molar-refractivity contribution in [2.24, 2.45) is 22.4 Å². The third-order valence-electron chi connectivity index (χ3n) is 6.39. The van der Waals surface area contributed by atoms with Crippen molar-refractivity contribution in [3.8, 4) is 0 Å². The van der Waals surface area contributed by atoms with Gasteiger partial charge in [-0.3, -0.25) is 4.79 Å². The predicted molar refractivity (Wildman–Crippen MR) is 119 cm³/mol.